The first-order chi connectivity index (χ1) is 10.5. The average molecular weight is 363 g/mol. The molecule has 0 aromatic heterocycles. The minimum absolute atomic E-state index is 0.0229. The first kappa shape index (κ1) is 16.2. The van der Waals surface area contributed by atoms with E-state index in [2.05, 4.69) is 15.9 Å². The van der Waals surface area contributed by atoms with E-state index in [4.69, 9.17) is 9.84 Å². The third-order valence-electron chi connectivity index (χ3n) is 3.17. The highest BCUT2D eigenvalue weighted by Crippen LogP contribution is 2.24. The van der Waals surface area contributed by atoms with Crippen LogP contribution in [0.25, 0.3) is 0 Å². The summed E-state index contributed by atoms with van der Waals surface area (Å²) in [5.41, 5.74) is 2.16. The van der Waals surface area contributed by atoms with Crippen LogP contribution in [0.2, 0.25) is 0 Å². The number of halogens is 1. The van der Waals surface area contributed by atoms with Gasteiger partial charge >= 0.3 is 5.97 Å². The van der Waals surface area contributed by atoms with Gasteiger partial charge in [-0.05, 0) is 52.2 Å². The lowest BCUT2D eigenvalue weighted by Crippen LogP contribution is -2.06. The first-order valence-corrected chi connectivity index (χ1v) is 7.48. The molecule has 22 heavy (non-hydrogen) atoms. The largest absolute Gasteiger partial charge is 0.489 e. The van der Waals surface area contributed by atoms with Gasteiger partial charge < -0.3 is 9.84 Å². The second-order valence-electron chi connectivity index (χ2n) is 4.83. The molecule has 0 amide bonds. The Morgan fingerprint density at radius 3 is 2.41 bits per heavy atom. The van der Waals surface area contributed by atoms with Crippen molar-refractivity contribution in [2.24, 2.45) is 0 Å². The molecule has 0 aliphatic rings. The van der Waals surface area contributed by atoms with Crippen LogP contribution in [-0.4, -0.2) is 16.9 Å². The van der Waals surface area contributed by atoms with Gasteiger partial charge in [-0.2, -0.15) is 0 Å². The number of ether oxygens (including phenoxy) is 1. The maximum Gasteiger partial charge on any atom is 0.307 e. The normalized spacial score (nSPS) is 10.3. The lowest BCUT2D eigenvalue weighted by atomic mass is 10.1. The fourth-order valence-electron chi connectivity index (χ4n) is 2.07. The molecule has 0 saturated carbocycles. The Labute approximate surface area is 136 Å². The summed E-state index contributed by atoms with van der Waals surface area (Å²) in [6, 6.07) is 12.4. The Hall–Kier alpha value is -2.14. The van der Waals surface area contributed by atoms with Gasteiger partial charge in [0.15, 0.2) is 5.78 Å². The number of carbonyl (C=O) groups is 2. The number of ketones is 1. The van der Waals surface area contributed by atoms with Crippen LogP contribution in [0.3, 0.4) is 0 Å². The fourth-order valence-corrected chi connectivity index (χ4v) is 2.70. The van der Waals surface area contributed by atoms with Gasteiger partial charge in [-0.3, -0.25) is 9.59 Å². The second kappa shape index (κ2) is 7.22. The van der Waals surface area contributed by atoms with Gasteiger partial charge in [0.25, 0.3) is 0 Å². The Balaban J connectivity index is 2.12. The van der Waals surface area contributed by atoms with Crippen molar-refractivity contribution in [1.29, 1.82) is 0 Å². The molecule has 0 bridgehead atoms. The third kappa shape index (κ3) is 4.18. The van der Waals surface area contributed by atoms with Gasteiger partial charge in [-0.1, -0.05) is 24.3 Å². The van der Waals surface area contributed by atoms with Gasteiger partial charge in [0.1, 0.15) is 12.4 Å². The Morgan fingerprint density at radius 2 is 1.82 bits per heavy atom. The van der Waals surface area contributed by atoms with E-state index < -0.39 is 5.97 Å². The van der Waals surface area contributed by atoms with E-state index in [9.17, 15) is 9.59 Å². The Morgan fingerprint density at radius 1 is 1.14 bits per heavy atom. The number of carbonyl (C=O) groups excluding carboxylic acids is 1. The van der Waals surface area contributed by atoms with E-state index in [1.807, 2.05) is 12.1 Å². The highest BCUT2D eigenvalue weighted by molar-refractivity contribution is 9.10. The van der Waals surface area contributed by atoms with E-state index in [1.54, 1.807) is 30.3 Å². The van der Waals surface area contributed by atoms with Crippen molar-refractivity contribution in [3.63, 3.8) is 0 Å². The molecule has 0 radical (unpaired) electrons. The zero-order valence-corrected chi connectivity index (χ0v) is 13.6. The van der Waals surface area contributed by atoms with Gasteiger partial charge in [0, 0.05) is 10.0 Å². The summed E-state index contributed by atoms with van der Waals surface area (Å²) in [6.07, 6.45) is -0.0352. The number of Topliss-reactive ketones (excluding diaryl/α,β-unsaturated/α-hetero) is 1. The number of hydrogen-bond acceptors (Lipinski definition) is 3. The van der Waals surface area contributed by atoms with Crippen LogP contribution in [0, 0.1) is 0 Å². The van der Waals surface area contributed by atoms with Crippen molar-refractivity contribution >= 4 is 27.7 Å². The fraction of sp³-hybridized carbons (Fsp3) is 0.176. The average Bonchev–Trinajstić information content (AvgIpc) is 2.45. The van der Waals surface area contributed by atoms with Gasteiger partial charge in [0.2, 0.25) is 0 Å². The molecule has 0 fully saturated rings. The number of aliphatic carboxylic acids is 1. The molecule has 4 nitrogen and oxygen atoms in total. The molecular weight excluding hydrogens is 348 g/mol. The smallest absolute Gasteiger partial charge is 0.307 e. The Kier molecular flexibility index (Phi) is 5.33. The number of benzene rings is 2. The number of hydrogen-bond donors (Lipinski definition) is 1. The first-order valence-electron chi connectivity index (χ1n) is 6.69. The minimum atomic E-state index is -0.874. The predicted molar refractivity (Wildman–Crippen MR) is 86.3 cm³/mol. The van der Waals surface area contributed by atoms with Crippen LogP contribution in [0.4, 0.5) is 0 Å². The second-order valence-corrected chi connectivity index (χ2v) is 5.68. The van der Waals surface area contributed by atoms with Crippen molar-refractivity contribution in [3.05, 3.63) is 63.6 Å². The monoisotopic (exact) mass is 362 g/mol. The molecule has 2 aromatic carbocycles. The molecule has 0 atom stereocenters. The van der Waals surface area contributed by atoms with E-state index in [1.165, 1.54) is 6.92 Å². The molecule has 114 valence electrons. The quantitative estimate of drug-likeness (QED) is 0.792. The van der Waals surface area contributed by atoms with Crippen LogP contribution in [0.15, 0.2) is 46.9 Å². The number of carboxylic acids is 1. The van der Waals surface area contributed by atoms with Crippen LogP contribution < -0.4 is 4.74 Å². The molecule has 0 aliphatic heterocycles. The van der Waals surface area contributed by atoms with E-state index in [-0.39, 0.29) is 18.8 Å². The molecule has 0 spiro atoms. The minimum Gasteiger partial charge on any atom is -0.489 e. The molecular formula is C17H15BrO4. The summed E-state index contributed by atoms with van der Waals surface area (Å²) in [6.45, 7) is 1.78. The maximum atomic E-state index is 11.4. The number of carboxylic acid groups (broad SMARTS) is 1. The zero-order chi connectivity index (χ0) is 16.1. The molecule has 0 heterocycles. The summed E-state index contributed by atoms with van der Waals surface area (Å²) >= 11 is 3.34. The molecule has 1 N–H and O–H groups in total. The highest BCUT2D eigenvalue weighted by atomic mass is 79.9. The van der Waals surface area contributed by atoms with Crippen molar-refractivity contribution < 1.29 is 19.4 Å². The highest BCUT2D eigenvalue weighted by Gasteiger charge is 2.09. The topological polar surface area (TPSA) is 63.6 Å². The zero-order valence-electron chi connectivity index (χ0n) is 12.0. The Bertz CT molecular complexity index is 710. The van der Waals surface area contributed by atoms with E-state index >= 15 is 0 Å². The maximum absolute atomic E-state index is 11.4. The van der Waals surface area contributed by atoms with Crippen molar-refractivity contribution in [2.75, 3.05) is 0 Å². The van der Waals surface area contributed by atoms with Crippen LogP contribution >= 0.6 is 15.9 Å². The van der Waals surface area contributed by atoms with Crippen LogP contribution in [0.1, 0.15) is 28.4 Å². The molecule has 0 saturated heterocycles. The molecule has 5 heteroatoms. The van der Waals surface area contributed by atoms with Gasteiger partial charge in [-0.25, -0.2) is 0 Å². The summed E-state index contributed by atoms with van der Waals surface area (Å²) in [4.78, 5) is 22.2. The summed E-state index contributed by atoms with van der Waals surface area (Å²) < 4.78 is 6.37. The predicted octanol–water partition coefficient (Wildman–Crippen LogP) is 3.86. The van der Waals surface area contributed by atoms with E-state index in [0.717, 1.165) is 11.1 Å². The van der Waals surface area contributed by atoms with Crippen molar-refractivity contribution in [3.8, 4) is 5.75 Å². The third-order valence-corrected chi connectivity index (χ3v) is 3.83. The summed E-state index contributed by atoms with van der Waals surface area (Å²) in [5.74, 6) is -0.284. The lowest BCUT2D eigenvalue weighted by Gasteiger charge is -2.11. The van der Waals surface area contributed by atoms with Crippen molar-refractivity contribution in [1.82, 2.24) is 0 Å². The van der Waals surface area contributed by atoms with Crippen LogP contribution in [-0.2, 0) is 17.8 Å². The SMILES string of the molecule is CC(=O)c1ccc(OCc2ccccc2CC(=O)O)cc1Br. The lowest BCUT2D eigenvalue weighted by molar-refractivity contribution is -0.136. The van der Waals surface area contributed by atoms with Crippen molar-refractivity contribution in [2.45, 2.75) is 20.0 Å². The number of rotatable bonds is 6. The molecule has 0 aliphatic carbocycles. The molecule has 2 aromatic rings. The molecule has 2 rings (SSSR count). The summed E-state index contributed by atoms with van der Waals surface area (Å²) in [5, 5.41) is 8.92. The van der Waals surface area contributed by atoms with Gasteiger partial charge in [-0.15, -0.1) is 0 Å². The standard InChI is InChI=1S/C17H15BrO4/c1-11(19)15-7-6-14(9-16(15)18)22-10-13-5-3-2-4-12(13)8-17(20)21/h2-7,9H,8,10H2,1H3,(H,20,21). The van der Waals surface area contributed by atoms with Gasteiger partial charge in [0.05, 0.1) is 6.42 Å². The van der Waals surface area contributed by atoms with Crippen LogP contribution in [0.5, 0.6) is 5.75 Å². The van der Waals surface area contributed by atoms with E-state index in [0.29, 0.717) is 15.8 Å². The summed E-state index contributed by atoms with van der Waals surface area (Å²) in [7, 11) is 0. The molecule has 0 unspecified atom stereocenters.